The molecular weight excluding hydrogens is 352 g/mol. The number of alkyl carbamates (subject to hydrolysis) is 1. The van der Waals surface area contributed by atoms with Gasteiger partial charge in [0, 0.05) is 12.0 Å². The Kier molecular flexibility index (Phi) is 5.80. The number of rotatable bonds is 3. The molecular formula is C19H32N2O6. The second-order valence-corrected chi connectivity index (χ2v) is 9.52. The number of amides is 2. The number of likely N-dealkylation sites (tertiary alicyclic amines) is 1. The largest absolute Gasteiger partial charge is 0.467 e. The number of carbonyl (C=O) groups is 3. The van der Waals surface area contributed by atoms with E-state index in [1.165, 1.54) is 12.0 Å². The van der Waals surface area contributed by atoms with Gasteiger partial charge < -0.3 is 24.8 Å². The molecule has 0 aromatic heterocycles. The van der Waals surface area contributed by atoms with E-state index in [9.17, 15) is 19.5 Å². The Bertz CT molecular complexity index is 606. The monoisotopic (exact) mass is 384 g/mol. The molecule has 27 heavy (non-hydrogen) atoms. The third kappa shape index (κ3) is 4.54. The first-order valence-corrected chi connectivity index (χ1v) is 9.34. The van der Waals surface area contributed by atoms with E-state index in [1.807, 2.05) is 20.8 Å². The maximum Gasteiger partial charge on any atom is 0.408 e. The van der Waals surface area contributed by atoms with E-state index in [1.54, 1.807) is 20.8 Å². The lowest BCUT2D eigenvalue weighted by Crippen LogP contribution is -2.61. The fraction of sp³-hybridized carbons (Fsp3) is 0.842. The molecule has 1 aliphatic heterocycles. The number of nitrogens with one attached hydrogen (secondary N) is 1. The number of methoxy groups -OCH3 is 1. The van der Waals surface area contributed by atoms with E-state index in [2.05, 4.69) is 5.32 Å². The van der Waals surface area contributed by atoms with Gasteiger partial charge in [0.25, 0.3) is 0 Å². The predicted octanol–water partition coefficient (Wildman–Crippen LogP) is 1.45. The zero-order valence-corrected chi connectivity index (χ0v) is 17.2. The highest BCUT2D eigenvalue weighted by molar-refractivity contribution is 5.91. The highest BCUT2D eigenvalue weighted by Gasteiger charge is 2.57. The van der Waals surface area contributed by atoms with Gasteiger partial charge in [0.15, 0.2) is 0 Å². The second-order valence-electron chi connectivity index (χ2n) is 9.52. The molecule has 8 nitrogen and oxygen atoms in total. The summed E-state index contributed by atoms with van der Waals surface area (Å²) in [6.07, 6.45) is -0.340. The smallest absolute Gasteiger partial charge is 0.408 e. The van der Waals surface area contributed by atoms with Gasteiger partial charge >= 0.3 is 12.1 Å². The van der Waals surface area contributed by atoms with Crippen molar-refractivity contribution in [2.45, 2.75) is 84.2 Å². The minimum Gasteiger partial charge on any atom is -0.467 e. The number of nitrogens with zero attached hydrogens (tertiary/aromatic N) is 1. The zero-order valence-electron chi connectivity index (χ0n) is 17.2. The SMILES string of the molecule is COC(=O)[C@@H]1[C@@H]2C[C@@H](CC2O)N1C(=O)[C@@H](NC(=O)OC(C)(C)C)C(C)(C)C. The number of fused-ring (bicyclic) bond motifs is 2. The summed E-state index contributed by atoms with van der Waals surface area (Å²) in [5, 5.41) is 12.8. The van der Waals surface area contributed by atoms with Crippen LogP contribution in [0.25, 0.3) is 0 Å². The normalized spacial score (nSPS) is 28.7. The van der Waals surface area contributed by atoms with Crippen molar-refractivity contribution in [1.29, 1.82) is 0 Å². The lowest BCUT2D eigenvalue weighted by Gasteiger charge is -2.40. The molecule has 1 saturated heterocycles. The van der Waals surface area contributed by atoms with Crippen LogP contribution in [0.2, 0.25) is 0 Å². The molecule has 2 amide bonds. The molecule has 2 bridgehead atoms. The molecule has 8 heteroatoms. The summed E-state index contributed by atoms with van der Waals surface area (Å²) >= 11 is 0. The fourth-order valence-electron chi connectivity index (χ4n) is 3.97. The summed E-state index contributed by atoms with van der Waals surface area (Å²) in [4.78, 5) is 39.5. The summed E-state index contributed by atoms with van der Waals surface area (Å²) in [6.45, 7) is 10.7. The standard InChI is InChI=1S/C19H32N2O6/c1-18(2,3)14(20-17(25)27-19(4,5)6)15(23)21-10-8-11(12(22)9-10)13(21)16(24)26-7/h10-14,22H,8-9H2,1-7H3,(H,20,25)/t10-,11+,12?,13-,14+/m0/s1. The Morgan fingerprint density at radius 1 is 1.11 bits per heavy atom. The van der Waals surface area contributed by atoms with Gasteiger partial charge in [-0.3, -0.25) is 4.79 Å². The molecule has 2 N–H and O–H groups in total. The number of ether oxygens (including phenoxy) is 2. The first-order valence-electron chi connectivity index (χ1n) is 9.34. The quantitative estimate of drug-likeness (QED) is 0.714. The minimum absolute atomic E-state index is 0.244. The molecule has 1 unspecified atom stereocenters. The maximum absolute atomic E-state index is 13.4. The number of piperidine rings is 1. The summed E-state index contributed by atoms with van der Waals surface area (Å²) in [6, 6.07) is -1.95. The van der Waals surface area contributed by atoms with Crippen LogP contribution in [0.4, 0.5) is 4.79 Å². The molecule has 1 aliphatic carbocycles. The van der Waals surface area contributed by atoms with Crippen LogP contribution in [0, 0.1) is 11.3 Å². The third-order valence-corrected chi connectivity index (χ3v) is 5.12. The summed E-state index contributed by atoms with van der Waals surface area (Å²) in [7, 11) is 1.27. The number of hydrogen-bond acceptors (Lipinski definition) is 6. The molecule has 5 atom stereocenters. The third-order valence-electron chi connectivity index (χ3n) is 5.12. The van der Waals surface area contributed by atoms with E-state index in [0.29, 0.717) is 12.8 Å². The zero-order chi connectivity index (χ0) is 20.7. The van der Waals surface area contributed by atoms with Crippen LogP contribution in [0.5, 0.6) is 0 Å². The van der Waals surface area contributed by atoms with Gasteiger partial charge in [-0.15, -0.1) is 0 Å². The lowest BCUT2D eigenvalue weighted by atomic mass is 9.84. The van der Waals surface area contributed by atoms with Gasteiger partial charge in [-0.1, -0.05) is 20.8 Å². The van der Waals surface area contributed by atoms with Crippen molar-refractivity contribution < 1.29 is 29.0 Å². The lowest BCUT2D eigenvalue weighted by molar-refractivity contribution is -0.159. The van der Waals surface area contributed by atoms with E-state index in [-0.39, 0.29) is 17.9 Å². The maximum atomic E-state index is 13.4. The Morgan fingerprint density at radius 3 is 2.19 bits per heavy atom. The van der Waals surface area contributed by atoms with Crippen molar-refractivity contribution in [3.63, 3.8) is 0 Å². The summed E-state index contributed by atoms with van der Waals surface area (Å²) in [5.74, 6) is -1.24. The second kappa shape index (κ2) is 7.30. The molecule has 0 radical (unpaired) electrons. The van der Waals surface area contributed by atoms with E-state index >= 15 is 0 Å². The molecule has 1 heterocycles. The Morgan fingerprint density at radius 2 is 1.70 bits per heavy atom. The molecule has 2 fully saturated rings. The van der Waals surface area contributed by atoms with Crippen LogP contribution in [-0.2, 0) is 19.1 Å². The molecule has 154 valence electrons. The molecule has 0 aromatic rings. The van der Waals surface area contributed by atoms with E-state index in [4.69, 9.17) is 9.47 Å². The number of hydrogen-bond donors (Lipinski definition) is 2. The molecule has 0 spiro atoms. The molecule has 2 aliphatic rings. The fourth-order valence-corrected chi connectivity index (χ4v) is 3.97. The van der Waals surface area contributed by atoms with Crippen molar-refractivity contribution in [1.82, 2.24) is 10.2 Å². The van der Waals surface area contributed by atoms with Crippen molar-refractivity contribution in [3.05, 3.63) is 0 Å². The van der Waals surface area contributed by atoms with E-state index in [0.717, 1.165) is 0 Å². The Hall–Kier alpha value is -1.83. The first kappa shape index (κ1) is 21.5. The van der Waals surface area contributed by atoms with Crippen molar-refractivity contribution >= 4 is 18.0 Å². The number of aliphatic hydroxyl groups excluding tert-OH is 1. The van der Waals surface area contributed by atoms with Gasteiger partial charge in [0.1, 0.15) is 17.7 Å². The van der Waals surface area contributed by atoms with Crippen LogP contribution in [0.1, 0.15) is 54.4 Å². The van der Waals surface area contributed by atoms with Gasteiger partial charge in [-0.2, -0.15) is 0 Å². The van der Waals surface area contributed by atoms with E-state index < -0.39 is 41.3 Å². The Balaban J connectivity index is 2.27. The van der Waals surface area contributed by atoms with Gasteiger partial charge in [-0.25, -0.2) is 9.59 Å². The van der Waals surface area contributed by atoms with Crippen LogP contribution in [-0.4, -0.2) is 64.9 Å². The Labute approximate surface area is 160 Å². The molecule has 1 saturated carbocycles. The average Bonchev–Trinajstić information content (AvgIpc) is 3.05. The van der Waals surface area contributed by atoms with Gasteiger partial charge in [0.2, 0.25) is 5.91 Å². The van der Waals surface area contributed by atoms with Crippen LogP contribution in [0.3, 0.4) is 0 Å². The number of aliphatic hydroxyl groups is 1. The highest BCUT2D eigenvalue weighted by Crippen LogP contribution is 2.44. The average molecular weight is 384 g/mol. The molecule has 0 aromatic carbocycles. The van der Waals surface area contributed by atoms with Crippen LogP contribution < -0.4 is 5.32 Å². The minimum atomic E-state index is -0.879. The molecule has 2 rings (SSSR count). The van der Waals surface area contributed by atoms with Crippen LogP contribution in [0.15, 0.2) is 0 Å². The van der Waals surface area contributed by atoms with Crippen molar-refractivity contribution in [2.75, 3.05) is 7.11 Å². The van der Waals surface area contributed by atoms with Crippen molar-refractivity contribution in [2.24, 2.45) is 11.3 Å². The topological polar surface area (TPSA) is 105 Å². The van der Waals surface area contributed by atoms with Crippen molar-refractivity contribution in [3.8, 4) is 0 Å². The summed E-state index contributed by atoms with van der Waals surface area (Å²) in [5.41, 5.74) is -1.30. The number of carbonyl (C=O) groups excluding carboxylic acids is 3. The van der Waals surface area contributed by atoms with Gasteiger partial charge in [-0.05, 0) is 39.0 Å². The van der Waals surface area contributed by atoms with Crippen LogP contribution >= 0.6 is 0 Å². The van der Waals surface area contributed by atoms with Gasteiger partial charge in [0.05, 0.1) is 13.2 Å². The predicted molar refractivity (Wildman–Crippen MR) is 97.8 cm³/mol. The summed E-state index contributed by atoms with van der Waals surface area (Å²) < 4.78 is 10.2. The number of esters is 1. The highest BCUT2D eigenvalue weighted by atomic mass is 16.6. The first-order chi connectivity index (χ1) is 12.3.